The third kappa shape index (κ3) is 2.74. The van der Waals surface area contributed by atoms with Gasteiger partial charge in [0, 0.05) is 10.7 Å². The molecule has 1 atom stereocenters. The van der Waals surface area contributed by atoms with Gasteiger partial charge in [0.05, 0.1) is 17.5 Å². The van der Waals surface area contributed by atoms with Gasteiger partial charge in [-0.25, -0.2) is 4.98 Å². The first-order chi connectivity index (χ1) is 12.0. The second-order valence-corrected chi connectivity index (χ2v) is 6.42. The molecule has 0 spiro atoms. The number of amides is 2. The highest BCUT2D eigenvalue weighted by Gasteiger charge is 2.34. The van der Waals surface area contributed by atoms with Gasteiger partial charge in [-0.05, 0) is 36.8 Å². The standard InChI is InChI=1S/C18H15ClN4O2/c1-10-6-7-11(8-12(10)19)20-16(24)9-15-17(25)22-18-21-13-4-2-3-5-14(13)23(15)18/h2-8,15H,9H2,1H3,(H,20,24)(H,21,22,25)/t15-/m0/s1. The van der Waals surface area contributed by atoms with E-state index >= 15 is 0 Å². The monoisotopic (exact) mass is 354 g/mol. The molecule has 0 aliphatic carbocycles. The number of hydrogen-bond donors (Lipinski definition) is 2. The van der Waals surface area contributed by atoms with Crippen molar-refractivity contribution in [3.05, 3.63) is 53.1 Å². The summed E-state index contributed by atoms with van der Waals surface area (Å²) in [7, 11) is 0. The smallest absolute Gasteiger partial charge is 0.250 e. The molecule has 1 aliphatic rings. The van der Waals surface area contributed by atoms with Crippen LogP contribution in [0.5, 0.6) is 0 Å². The van der Waals surface area contributed by atoms with Crippen molar-refractivity contribution in [3.8, 4) is 0 Å². The van der Waals surface area contributed by atoms with Crippen molar-refractivity contribution >= 4 is 46.1 Å². The van der Waals surface area contributed by atoms with Gasteiger partial charge in [-0.3, -0.25) is 19.5 Å². The van der Waals surface area contributed by atoms with E-state index in [2.05, 4.69) is 15.6 Å². The molecule has 7 heteroatoms. The summed E-state index contributed by atoms with van der Waals surface area (Å²) in [5.41, 5.74) is 3.15. The first kappa shape index (κ1) is 15.7. The fraction of sp³-hybridized carbons (Fsp3) is 0.167. The van der Waals surface area contributed by atoms with E-state index < -0.39 is 6.04 Å². The lowest BCUT2D eigenvalue weighted by molar-refractivity contribution is -0.123. The van der Waals surface area contributed by atoms with Crippen molar-refractivity contribution < 1.29 is 9.59 Å². The minimum Gasteiger partial charge on any atom is -0.326 e. The van der Waals surface area contributed by atoms with E-state index in [0.29, 0.717) is 16.7 Å². The number of benzene rings is 2. The molecule has 0 radical (unpaired) electrons. The molecule has 2 amide bonds. The van der Waals surface area contributed by atoms with Crippen LogP contribution in [0.3, 0.4) is 0 Å². The van der Waals surface area contributed by atoms with Gasteiger partial charge in [-0.15, -0.1) is 0 Å². The molecular weight excluding hydrogens is 340 g/mol. The minimum absolute atomic E-state index is 0.0185. The number of fused-ring (bicyclic) bond motifs is 3. The molecule has 1 aliphatic heterocycles. The highest BCUT2D eigenvalue weighted by Crippen LogP contribution is 2.32. The minimum atomic E-state index is -0.622. The summed E-state index contributed by atoms with van der Waals surface area (Å²) in [4.78, 5) is 29.0. The summed E-state index contributed by atoms with van der Waals surface area (Å²) in [6, 6.07) is 12.2. The molecule has 3 aromatic rings. The lowest BCUT2D eigenvalue weighted by Gasteiger charge is -2.12. The highest BCUT2D eigenvalue weighted by atomic mass is 35.5. The number of carbonyl (C=O) groups is 2. The first-order valence-corrected chi connectivity index (χ1v) is 8.24. The predicted octanol–water partition coefficient (Wildman–Crippen LogP) is 3.52. The highest BCUT2D eigenvalue weighted by molar-refractivity contribution is 6.31. The van der Waals surface area contributed by atoms with Crippen LogP contribution < -0.4 is 10.6 Å². The van der Waals surface area contributed by atoms with Crippen LogP contribution in [-0.4, -0.2) is 21.4 Å². The summed E-state index contributed by atoms with van der Waals surface area (Å²) in [6.07, 6.45) is 0.0185. The van der Waals surface area contributed by atoms with E-state index in [1.807, 2.05) is 37.3 Å². The molecule has 25 heavy (non-hydrogen) atoms. The van der Waals surface area contributed by atoms with E-state index in [0.717, 1.165) is 16.6 Å². The van der Waals surface area contributed by atoms with Crippen molar-refractivity contribution in [1.82, 2.24) is 9.55 Å². The lowest BCUT2D eigenvalue weighted by Crippen LogP contribution is -2.23. The third-order valence-electron chi connectivity index (χ3n) is 4.28. The Balaban J connectivity index is 1.57. The van der Waals surface area contributed by atoms with Gasteiger partial charge < -0.3 is 5.32 Å². The zero-order chi connectivity index (χ0) is 17.6. The van der Waals surface area contributed by atoms with Gasteiger partial charge in [-0.2, -0.15) is 0 Å². The number of hydrogen-bond acceptors (Lipinski definition) is 3. The van der Waals surface area contributed by atoms with Crippen molar-refractivity contribution in [2.45, 2.75) is 19.4 Å². The van der Waals surface area contributed by atoms with Crippen LogP contribution in [0, 0.1) is 6.92 Å². The van der Waals surface area contributed by atoms with Crippen molar-refractivity contribution in [1.29, 1.82) is 0 Å². The topological polar surface area (TPSA) is 76.0 Å². The Labute approximate surface area is 148 Å². The fourth-order valence-electron chi connectivity index (χ4n) is 3.00. The van der Waals surface area contributed by atoms with E-state index in [4.69, 9.17) is 11.6 Å². The number of rotatable bonds is 3. The number of nitrogens with zero attached hydrogens (tertiary/aromatic N) is 2. The molecule has 2 N–H and O–H groups in total. The van der Waals surface area contributed by atoms with Crippen LogP contribution >= 0.6 is 11.6 Å². The molecule has 1 aromatic heterocycles. The zero-order valence-corrected chi connectivity index (χ0v) is 14.2. The van der Waals surface area contributed by atoms with Crippen LogP contribution in [0.15, 0.2) is 42.5 Å². The van der Waals surface area contributed by atoms with Crippen LogP contribution in [0.2, 0.25) is 5.02 Å². The van der Waals surface area contributed by atoms with E-state index in [9.17, 15) is 9.59 Å². The summed E-state index contributed by atoms with van der Waals surface area (Å²) in [5, 5.41) is 6.11. The number of carbonyl (C=O) groups excluding carboxylic acids is 2. The third-order valence-corrected chi connectivity index (χ3v) is 4.69. The Bertz CT molecular complexity index is 1010. The average molecular weight is 355 g/mol. The number of aromatic nitrogens is 2. The summed E-state index contributed by atoms with van der Waals surface area (Å²) in [6.45, 7) is 1.89. The molecule has 0 bridgehead atoms. The quantitative estimate of drug-likeness (QED) is 0.755. The summed E-state index contributed by atoms with van der Waals surface area (Å²) in [5.74, 6) is -0.0153. The van der Waals surface area contributed by atoms with E-state index in [1.165, 1.54) is 0 Å². The van der Waals surface area contributed by atoms with Crippen LogP contribution in [-0.2, 0) is 9.59 Å². The maximum atomic E-state index is 12.4. The normalized spacial score (nSPS) is 15.9. The van der Waals surface area contributed by atoms with Gasteiger partial charge >= 0.3 is 0 Å². The SMILES string of the molecule is Cc1ccc(NC(=O)C[C@H]2C(=O)Nc3nc4ccccc4n32)cc1Cl. The Morgan fingerprint density at radius 1 is 1.32 bits per heavy atom. The van der Waals surface area contributed by atoms with Crippen LogP contribution in [0.1, 0.15) is 18.0 Å². The second-order valence-electron chi connectivity index (χ2n) is 6.02. The van der Waals surface area contributed by atoms with Crippen LogP contribution in [0.25, 0.3) is 11.0 Å². The Morgan fingerprint density at radius 2 is 2.12 bits per heavy atom. The Morgan fingerprint density at radius 3 is 2.92 bits per heavy atom. The fourth-order valence-corrected chi connectivity index (χ4v) is 3.18. The average Bonchev–Trinajstić information content (AvgIpc) is 3.07. The lowest BCUT2D eigenvalue weighted by atomic mass is 10.1. The maximum absolute atomic E-state index is 12.4. The molecular formula is C18H15ClN4O2. The number of imidazole rings is 1. The number of halogens is 1. The first-order valence-electron chi connectivity index (χ1n) is 7.87. The molecule has 2 aromatic carbocycles. The molecule has 2 heterocycles. The van der Waals surface area contributed by atoms with E-state index in [1.54, 1.807) is 16.7 Å². The second kappa shape index (κ2) is 5.89. The summed E-state index contributed by atoms with van der Waals surface area (Å²) >= 11 is 6.08. The molecule has 0 unspecified atom stereocenters. The van der Waals surface area contributed by atoms with Gasteiger partial charge in [0.15, 0.2) is 0 Å². The number of anilines is 2. The molecule has 0 fully saturated rings. The van der Waals surface area contributed by atoms with Crippen molar-refractivity contribution in [2.24, 2.45) is 0 Å². The maximum Gasteiger partial charge on any atom is 0.250 e. The Hall–Kier alpha value is -2.86. The zero-order valence-electron chi connectivity index (χ0n) is 13.4. The predicted molar refractivity (Wildman–Crippen MR) is 96.8 cm³/mol. The van der Waals surface area contributed by atoms with Crippen molar-refractivity contribution in [3.63, 3.8) is 0 Å². The van der Waals surface area contributed by atoms with Gasteiger partial charge in [0.25, 0.3) is 0 Å². The number of para-hydroxylation sites is 2. The molecule has 4 rings (SSSR count). The van der Waals surface area contributed by atoms with Gasteiger partial charge in [0.2, 0.25) is 17.8 Å². The van der Waals surface area contributed by atoms with Crippen LogP contribution in [0.4, 0.5) is 11.6 Å². The molecule has 6 nitrogen and oxygen atoms in total. The Kier molecular flexibility index (Phi) is 3.69. The number of aryl methyl sites for hydroxylation is 1. The molecule has 0 saturated carbocycles. The largest absolute Gasteiger partial charge is 0.326 e. The number of nitrogens with one attached hydrogen (secondary N) is 2. The summed E-state index contributed by atoms with van der Waals surface area (Å²) < 4.78 is 1.78. The molecule has 0 saturated heterocycles. The van der Waals surface area contributed by atoms with E-state index in [-0.39, 0.29) is 18.2 Å². The van der Waals surface area contributed by atoms with Gasteiger partial charge in [-0.1, -0.05) is 29.8 Å². The van der Waals surface area contributed by atoms with Gasteiger partial charge in [0.1, 0.15) is 6.04 Å². The molecule has 126 valence electrons. The van der Waals surface area contributed by atoms with Crippen molar-refractivity contribution in [2.75, 3.05) is 10.6 Å².